The van der Waals surface area contributed by atoms with E-state index in [4.69, 9.17) is 4.74 Å². The first-order chi connectivity index (χ1) is 19.5. The lowest BCUT2D eigenvalue weighted by Gasteiger charge is -2.20. The Labute approximate surface area is 231 Å². The van der Waals surface area contributed by atoms with Crippen molar-refractivity contribution in [2.75, 3.05) is 0 Å². The standard InChI is InChI=1S/C32H26N4O4/c37-29(23-9-3-1-4-10-23)35-32(36-30(38)24-11-5-2-6-12-24)40-31(39)25-18-15-22(16-19-25)17-20-28-33-21-26-13-7-8-14-27(26)34-28/h1-16,18-19,21,32H,17,20H2,(H,35,37)(H,36,38). The van der Waals surface area contributed by atoms with Crippen LogP contribution in [0.25, 0.3) is 10.9 Å². The summed E-state index contributed by atoms with van der Waals surface area (Å²) in [5.41, 5.74) is 2.90. The van der Waals surface area contributed by atoms with E-state index in [1.165, 1.54) is 0 Å². The lowest BCUT2D eigenvalue weighted by atomic mass is 10.1. The summed E-state index contributed by atoms with van der Waals surface area (Å²) in [6.45, 7) is 0. The van der Waals surface area contributed by atoms with Crippen LogP contribution >= 0.6 is 0 Å². The third-order valence-corrected chi connectivity index (χ3v) is 6.19. The highest BCUT2D eigenvalue weighted by atomic mass is 16.6. The van der Waals surface area contributed by atoms with Gasteiger partial charge in [0.2, 0.25) is 0 Å². The smallest absolute Gasteiger partial charge is 0.341 e. The first-order valence-electron chi connectivity index (χ1n) is 12.8. The van der Waals surface area contributed by atoms with Gasteiger partial charge in [0.25, 0.3) is 18.2 Å². The number of fused-ring (bicyclic) bond motifs is 1. The number of rotatable bonds is 9. The number of aryl methyl sites for hydroxylation is 2. The van der Waals surface area contributed by atoms with E-state index >= 15 is 0 Å². The van der Waals surface area contributed by atoms with E-state index in [-0.39, 0.29) is 5.56 Å². The van der Waals surface area contributed by atoms with Crippen LogP contribution in [0.5, 0.6) is 0 Å². The van der Waals surface area contributed by atoms with Crippen LogP contribution in [-0.2, 0) is 17.6 Å². The molecular formula is C32H26N4O4. The van der Waals surface area contributed by atoms with E-state index < -0.39 is 24.1 Å². The van der Waals surface area contributed by atoms with E-state index in [2.05, 4.69) is 20.6 Å². The number of hydrogen-bond donors (Lipinski definition) is 2. The van der Waals surface area contributed by atoms with Gasteiger partial charge in [0, 0.05) is 29.1 Å². The third kappa shape index (κ3) is 6.73. The zero-order chi connectivity index (χ0) is 27.7. The molecule has 5 aromatic rings. The summed E-state index contributed by atoms with van der Waals surface area (Å²) in [7, 11) is 0. The van der Waals surface area contributed by atoms with Gasteiger partial charge in [-0.15, -0.1) is 0 Å². The molecule has 0 spiro atoms. The van der Waals surface area contributed by atoms with E-state index in [1.807, 2.05) is 42.6 Å². The molecule has 0 unspecified atom stereocenters. The first-order valence-corrected chi connectivity index (χ1v) is 12.8. The zero-order valence-corrected chi connectivity index (χ0v) is 21.5. The highest BCUT2D eigenvalue weighted by molar-refractivity contribution is 5.97. The Morgan fingerprint density at radius 2 is 1.23 bits per heavy atom. The minimum atomic E-state index is -1.39. The topological polar surface area (TPSA) is 110 Å². The second-order valence-electron chi connectivity index (χ2n) is 9.01. The van der Waals surface area contributed by atoms with Crippen molar-refractivity contribution >= 4 is 28.7 Å². The van der Waals surface area contributed by atoms with Crippen LogP contribution in [-0.4, -0.2) is 34.1 Å². The number of nitrogens with zero attached hydrogens (tertiary/aromatic N) is 2. The van der Waals surface area contributed by atoms with Gasteiger partial charge in [-0.2, -0.15) is 0 Å². The molecule has 198 valence electrons. The molecule has 2 N–H and O–H groups in total. The van der Waals surface area contributed by atoms with Crippen molar-refractivity contribution in [1.29, 1.82) is 0 Å². The summed E-state index contributed by atoms with van der Waals surface area (Å²) in [5, 5.41) is 6.13. The average molecular weight is 531 g/mol. The largest absolute Gasteiger partial charge is 0.419 e. The van der Waals surface area contributed by atoms with Crippen molar-refractivity contribution in [3.8, 4) is 0 Å². The van der Waals surface area contributed by atoms with Crippen LogP contribution in [0.2, 0.25) is 0 Å². The number of amides is 2. The molecule has 2 amide bonds. The zero-order valence-electron chi connectivity index (χ0n) is 21.5. The lowest BCUT2D eigenvalue weighted by molar-refractivity contribution is 0.0126. The summed E-state index contributed by atoms with van der Waals surface area (Å²) < 4.78 is 5.51. The van der Waals surface area contributed by atoms with E-state index in [9.17, 15) is 14.4 Å². The van der Waals surface area contributed by atoms with Crippen LogP contribution < -0.4 is 10.6 Å². The molecule has 0 saturated heterocycles. The molecule has 8 heteroatoms. The second kappa shape index (κ2) is 12.4. The Balaban J connectivity index is 1.24. The highest BCUT2D eigenvalue weighted by Crippen LogP contribution is 2.13. The fourth-order valence-electron chi connectivity index (χ4n) is 4.05. The monoisotopic (exact) mass is 530 g/mol. The number of para-hydroxylation sites is 1. The Morgan fingerprint density at radius 3 is 1.85 bits per heavy atom. The maximum absolute atomic E-state index is 13.0. The number of hydrogen-bond acceptors (Lipinski definition) is 6. The van der Waals surface area contributed by atoms with Crippen LogP contribution in [0.3, 0.4) is 0 Å². The minimum absolute atomic E-state index is 0.277. The van der Waals surface area contributed by atoms with Gasteiger partial charge in [0.15, 0.2) is 0 Å². The molecule has 0 aliphatic heterocycles. The van der Waals surface area contributed by atoms with Crippen molar-refractivity contribution < 1.29 is 19.1 Å². The molecule has 8 nitrogen and oxygen atoms in total. The van der Waals surface area contributed by atoms with Crippen molar-refractivity contribution in [3.63, 3.8) is 0 Å². The summed E-state index contributed by atoms with van der Waals surface area (Å²) in [4.78, 5) is 47.5. The van der Waals surface area contributed by atoms with Gasteiger partial charge in [-0.3, -0.25) is 20.2 Å². The second-order valence-corrected chi connectivity index (χ2v) is 9.01. The highest BCUT2D eigenvalue weighted by Gasteiger charge is 2.22. The molecule has 0 atom stereocenters. The molecule has 0 saturated carbocycles. The van der Waals surface area contributed by atoms with Gasteiger partial charge >= 0.3 is 5.97 Å². The van der Waals surface area contributed by atoms with E-state index in [0.717, 1.165) is 22.3 Å². The third-order valence-electron chi connectivity index (χ3n) is 6.19. The number of ether oxygens (including phenoxy) is 1. The molecular weight excluding hydrogens is 504 g/mol. The number of carbonyl (C=O) groups excluding carboxylic acids is 3. The van der Waals surface area contributed by atoms with Crippen molar-refractivity contribution in [2.45, 2.75) is 19.2 Å². The summed E-state index contributed by atoms with van der Waals surface area (Å²) >= 11 is 0. The molecule has 1 heterocycles. The fourth-order valence-corrected chi connectivity index (χ4v) is 4.05. The van der Waals surface area contributed by atoms with Gasteiger partial charge in [0.1, 0.15) is 5.82 Å². The predicted octanol–water partition coefficient (Wildman–Crippen LogP) is 4.72. The SMILES string of the molecule is O=C(NC(NC(=O)c1ccccc1)OC(=O)c1ccc(CCc2ncc3ccccc3n2)cc1)c1ccccc1. The molecule has 0 fully saturated rings. The van der Waals surface area contributed by atoms with Crippen molar-refractivity contribution in [1.82, 2.24) is 20.6 Å². The van der Waals surface area contributed by atoms with Gasteiger partial charge in [-0.05, 0) is 54.4 Å². The Morgan fingerprint density at radius 1 is 0.650 bits per heavy atom. The molecule has 0 aliphatic rings. The summed E-state index contributed by atoms with van der Waals surface area (Å²) in [5.74, 6) is -0.958. The number of nitrogens with one attached hydrogen (secondary N) is 2. The van der Waals surface area contributed by atoms with Crippen LogP contribution in [0.4, 0.5) is 0 Å². The molecule has 40 heavy (non-hydrogen) atoms. The average Bonchev–Trinajstić information content (AvgIpc) is 3.01. The van der Waals surface area contributed by atoms with Crippen molar-refractivity contribution in [3.05, 3.63) is 143 Å². The molecule has 0 radical (unpaired) electrons. The Bertz CT molecular complexity index is 1570. The van der Waals surface area contributed by atoms with Crippen molar-refractivity contribution in [2.24, 2.45) is 0 Å². The maximum Gasteiger partial charge on any atom is 0.341 e. The van der Waals surface area contributed by atoms with Gasteiger partial charge in [-0.25, -0.2) is 14.8 Å². The van der Waals surface area contributed by atoms with E-state index in [1.54, 1.807) is 72.8 Å². The fraction of sp³-hybridized carbons (Fsp3) is 0.0938. The first kappa shape index (κ1) is 26.2. The molecule has 4 aromatic carbocycles. The predicted molar refractivity (Wildman–Crippen MR) is 150 cm³/mol. The molecule has 1 aromatic heterocycles. The number of esters is 1. The normalized spacial score (nSPS) is 10.7. The Kier molecular flexibility index (Phi) is 8.17. The summed E-state index contributed by atoms with van der Waals surface area (Å²) in [6.07, 6.45) is 1.77. The number of benzene rings is 4. The lowest BCUT2D eigenvalue weighted by Crippen LogP contribution is -2.50. The van der Waals surface area contributed by atoms with Crippen LogP contribution in [0.1, 0.15) is 42.5 Å². The van der Waals surface area contributed by atoms with Gasteiger partial charge in [-0.1, -0.05) is 66.7 Å². The molecule has 0 bridgehead atoms. The Hall–Kier alpha value is -5.37. The number of carbonyl (C=O) groups is 3. The van der Waals surface area contributed by atoms with Gasteiger partial charge in [0.05, 0.1) is 11.1 Å². The minimum Gasteiger partial charge on any atom is -0.419 e. The number of aromatic nitrogens is 2. The molecule has 0 aliphatic carbocycles. The molecule has 5 rings (SSSR count). The van der Waals surface area contributed by atoms with Crippen LogP contribution in [0, 0.1) is 0 Å². The maximum atomic E-state index is 13.0. The quantitative estimate of drug-likeness (QED) is 0.211. The van der Waals surface area contributed by atoms with E-state index in [0.29, 0.717) is 24.0 Å². The van der Waals surface area contributed by atoms with Gasteiger partial charge < -0.3 is 4.74 Å². The van der Waals surface area contributed by atoms with Crippen LogP contribution in [0.15, 0.2) is 115 Å². The summed E-state index contributed by atoms with van der Waals surface area (Å²) in [6, 6.07) is 31.7.